The van der Waals surface area contributed by atoms with E-state index in [1.54, 1.807) is 16.0 Å². The van der Waals surface area contributed by atoms with Gasteiger partial charge in [-0.3, -0.25) is 9.59 Å². The van der Waals surface area contributed by atoms with Crippen LogP contribution in [0.25, 0.3) is 0 Å². The highest BCUT2D eigenvalue weighted by molar-refractivity contribution is 6.00. The number of imidazole rings is 1. The van der Waals surface area contributed by atoms with Crippen LogP contribution < -0.4 is 4.90 Å². The highest BCUT2D eigenvalue weighted by Gasteiger charge is 2.37. The number of anilines is 1. The number of amides is 2. The van der Waals surface area contributed by atoms with Crippen LogP contribution in [0.5, 0.6) is 0 Å². The summed E-state index contributed by atoms with van der Waals surface area (Å²) in [5, 5.41) is 0. The Morgan fingerprint density at radius 3 is 2.48 bits per heavy atom. The van der Waals surface area contributed by atoms with Crippen molar-refractivity contribution in [1.29, 1.82) is 0 Å². The Kier molecular flexibility index (Phi) is 5.16. The molecule has 0 bridgehead atoms. The molecular weight excluding hydrogens is 364 g/mol. The van der Waals surface area contributed by atoms with Gasteiger partial charge in [-0.05, 0) is 38.0 Å². The quantitative estimate of drug-likeness (QED) is 0.747. The van der Waals surface area contributed by atoms with Gasteiger partial charge in [0.1, 0.15) is 6.54 Å². The van der Waals surface area contributed by atoms with E-state index in [0.29, 0.717) is 13.0 Å². The van der Waals surface area contributed by atoms with E-state index in [1.165, 1.54) is 0 Å². The first-order valence-corrected chi connectivity index (χ1v) is 9.75. The molecule has 148 valence electrons. The number of benzene rings is 2. The van der Waals surface area contributed by atoms with Gasteiger partial charge in [-0.1, -0.05) is 48.0 Å². The fourth-order valence-electron chi connectivity index (χ4n) is 3.70. The van der Waals surface area contributed by atoms with Crippen LogP contribution in [-0.2, 0) is 11.2 Å². The van der Waals surface area contributed by atoms with Crippen LogP contribution in [0.2, 0.25) is 0 Å². The minimum Gasteiger partial charge on any atom is -0.338 e. The van der Waals surface area contributed by atoms with E-state index in [-0.39, 0.29) is 30.2 Å². The van der Waals surface area contributed by atoms with Crippen molar-refractivity contribution >= 4 is 17.5 Å². The number of aromatic nitrogens is 2. The number of carbonyl (C=O) groups is 2. The third-order valence-electron chi connectivity index (χ3n) is 5.27. The van der Waals surface area contributed by atoms with Gasteiger partial charge in [0.15, 0.2) is 5.82 Å². The number of hydrogen-bond donors (Lipinski definition) is 1. The monoisotopic (exact) mass is 388 g/mol. The number of aryl methyl sites for hydroxylation is 2. The average Bonchev–Trinajstić information content (AvgIpc) is 3.16. The largest absolute Gasteiger partial charge is 0.338 e. The molecule has 2 heterocycles. The summed E-state index contributed by atoms with van der Waals surface area (Å²) in [5.74, 6) is -0.0529. The number of aromatic amines is 1. The first kappa shape index (κ1) is 18.9. The molecule has 6 heteroatoms. The summed E-state index contributed by atoms with van der Waals surface area (Å²) in [6.45, 7) is 4.35. The summed E-state index contributed by atoms with van der Waals surface area (Å²) >= 11 is 0. The Morgan fingerprint density at radius 1 is 1.10 bits per heavy atom. The van der Waals surface area contributed by atoms with E-state index in [0.717, 1.165) is 22.5 Å². The lowest BCUT2D eigenvalue weighted by Gasteiger charge is -2.40. The SMILES string of the molecule is Cc1ccc(N2C[C@H](Cc3ccccc3)N(C(=O)c3ncc(C)[nH]3)CC2=O)cc1. The third-order valence-corrected chi connectivity index (χ3v) is 5.27. The molecule has 1 fully saturated rings. The minimum absolute atomic E-state index is 0.0317. The van der Waals surface area contributed by atoms with Gasteiger partial charge in [0.2, 0.25) is 5.91 Å². The predicted octanol–water partition coefficient (Wildman–Crippen LogP) is 3.13. The second-order valence-corrected chi connectivity index (χ2v) is 7.53. The Balaban J connectivity index is 1.64. The highest BCUT2D eigenvalue weighted by Crippen LogP contribution is 2.24. The maximum atomic E-state index is 13.1. The zero-order valence-electron chi connectivity index (χ0n) is 16.6. The lowest BCUT2D eigenvalue weighted by atomic mass is 10.0. The number of nitrogens with zero attached hydrogens (tertiary/aromatic N) is 3. The van der Waals surface area contributed by atoms with Crippen molar-refractivity contribution in [3.05, 3.63) is 83.4 Å². The predicted molar refractivity (Wildman–Crippen MR) is 112 cm³/mol. The zero-order valence-corrected chi connectivity index (χ0v) is 16.6. The molecule has 3 aromatic rings. The van der Waals surface area contributed by atoms with Crippen LogP contribution in [0.4, 0.5) is 5.69 Å². The second kappa shape index (κ2) is 7.91. The molecule has 0 radical (unpaired) electrons. The van der Waals surface area contributed by atoms with Crippen molar-refractivity contribution in [2.45, 2.75) is 26.3 Å². The average molecular weight is 388 g/mol. The molecule has 1 saturated heterocycles. The van der Waals surface area contributed by atoms with Crippen LogP contribution in [0.15, 0.2) is 60.8 Å². The maximum Gasteiger partial charge on any atom is 0.290 e. The molecule has 6 nitrogen and oxygen atoms in total. The van der Waals surface area contributed by atoms with E-state index in [9.17, 15) is 9.59 Å². The van der Waals surface area contributed by atoms with Crippen LogP contribution in [0, 0.1) is 13.8 Å². The summed E-state index contributed by atoms with van der Waals surface area (Å²) in [6, 6.07) is 17.8. The standard InChI is InChI=1S/C23H24N4O2/c1-16-8-10-19(11-9-16)26-14-20(12-18-6-4-3-5-7-18)27(15-21(26)28)23(29)22-24-13-17(2)25-22/h3-11,13,20H,12,14-15H2,1-2H3,(H,24,25)/t20-/m0/s1. The Hall–Kier alpha value is -3.41. The molecule has 29 heavy (non-hydrogen) atoms. The minimum atomic E-state index is -0.240. The van der Waals surface area contributed by atoms with Crippen molar-refractivity contribution in [1.82, 2.24) is 14.9 Å². The van der Waals surface area contributed by atoms with Gasteiger partial charge in [0.05, 0.1) is 6.04 Å². The molecule has 0 unspecified atom stereocenters. The smallest absolute Gasteiger partial charge is 0.290 e. The molecule has 2 amide bonds. The normalized spacial score (nSPS) is 16.9. The molecule has 4 rings (SSSR count). The molecule has 1 aliphatic heterocycles. The Labute approximate surface area is 170 Å². The topological polar surface area (TPSA) is 69.3 Å². The van der Waals surface area contributed by atoms with E-state index in [1.807, 2.05) is 68.4 Å². The molecule has 1 atom stereocenters. The van der Waals surface area contributed by atoms with Crippen molar-refractivity contribution in [3.63, 3.8) is 0 Å². The van der Waals surface area contributed by atoms with Crippen LogP contribution in [0.3, 0.4) is 0 Å². The maximum absolute atomic E-state index is 13.1. The number of nitrogens with one attached hydrogen (secondary N) is 1. The summed E-state index contributed by atoms with van der Waals surface area (Å²) in [7, 11) is 0. The summed E-state index contributed by atoms with van der Waals surface area (Å²) in [4.78, 5) is 36.6. The molecule has 1 aromatic heterocycles. The highest BCUT2D eigenvalue weighted by atomic mass is 16.2. The first-order valence-electron chi connectivity index (χ1n) is 9.75. The van der Waals surface area contributed by atoms with Gasteiger partial charge in [0.25, 0.3) is 5.91 Å². The molecular formula is C23H24N4O2. The van der Waals surface area contributed by atoms with E-state index in [4.69, 9.17) is 0 Å². The van der Waals surface area contributed by atoms with Crippen molar-refractivity contribution < 1.29 is 9.59 Å². The lowest BCUT2D eigenvalue weighted by Crippen LogP contribution is -2.59. The lowest BCUT2D eigenvalue weighted by molar-refractivity contribution is -0.121. The van der Waals surface area contributed by atoms with E-state index < -0.39 is 0 Å². The van der Waals surface area contributed by atoms with Crippen LogP contribution >= 0.6 is 0 Å². The number of piperazine rings is 1. The van der Waals surface area contributed by atoms with E-state index >= 15 is 0 Å². The van der Waals surface area contributed by atoms with Crippen molar-refractivity contribution in [2.75, 3.05) is 18.0 Å². The molecule has 0 spiro atoms. The third kappa shape index (κ3) is 4.06. The van der Waals surface area contributed by atoms with Gasteiger partial charge < -0.3 is 14.8 Å². The molecule has 0 saturated carbocycles. The van der Waals surface area contributed by atoms with Gasteiger partial charge >= 0.3 is 0 Å². The molecule has 1 N–H and O–H groups in total. The zero-order chi connectivity index (χ0) is 20.4. The number of carbonyl (C=O) groups excluding carboxylic acids is 2. The van der Waals surface area contributed by atoms with Gasteiger partial charge in [-0.2, -0.15) is 0 Å². The first-order chi connectivity index (χ1) is 14.0. The summed E-state index contributed by atoms with van der Waals surface area (Å²) in [5.41, 5.74) is 3.95. The Morgan fingerprint density at radius 2 is 1.83 bits per heavy atom. The van der Waals surface area contributed by atoms with Gasteiger partial charge in [-0.25, -0.2) is 4.98 Å². The number of rotatable bonds is 4. The number of H-pyrrole nitrogens is 1. The summed E-state index contributed by atoms with van der Waals surface area (Å²) in [6.07, 6.45) is 2.30. The summed E-state index contributed by atoms with van der Waals surface area (Å²) < 4.78 is 0. The van der Waals surface area contributed by atoms with Crippen molar-refractivity contribution in [2.24, 2.45) is 0 Å². The van der Waals surface area contributed by atoms with Crippen molar-refractivity contribution in [3.8, 4) is 0 Å². The van der Waals surface area contributed by atoms with E-state index in [2.05, 4.69) is 9.97 Å². The molecule has 1 aliphatic rings. The van der Waals surface area contributed by atoms with Crippen LogP contribution in [-0.4, -0.2) is 45.8 Å². The Bertz CT molecular complexity index is 1010. The van der Waals surface area contributed by atoms with Crippen LogP contribution in [0.1, 0.15) is 27.4 Å². The molecule has 0 aliphatic carbocycles. The van der Waals surface area contributed by atoms with Gasteiger partial charge in [-0.15, -0.1) is 0 Å². The second-order valence-electron chi connectivity index (χ2n) is 7.53. The fraction of sp³-hybridized carbons (Fsp3) is 0.261. The molecule has 2 aromatic carbocycles. The number of hydrogen-bond acceptors (Lipinski definition) is 3. The van der Waals surface area contributed by atoms with Gasteiger partial charge in [0, 0.05) is 24.1 Å². The fourth-order valence-corrected chi connectivity index (χ4v) is 3.70.